The number of imidazole rings is 1. The van der Waals surface area contributed by atoms with Gasteiger partial charge in [0, 0.05) is 11.1 Å². The van der Waals surface area contributed by atoms with E-state index in [1.807, 2.05) is 36.4 Å². The van der Waals surface area contributed by atoms with E-state index in [1.54, 1.807) is 12.1 Å². The zero-order valence-electron chi connectivity index (χ0n) is 14.5. The normalized spacial score (nSPS) is 11.0. The molecule has 4 rings (SSSR count). The number of hydrogen-bond acceptors (Lipinski definition) is 3. The lowest BCUT2D eigenvalue weighted by Gasteiger charge is -2.10. The van der Waals surface area contributed by atoms with Crippen LogP contribution in [0.15, 0.2) is 72.8 Å². The van der Waals surface area contributed by atoms with E-state index in [0.29, 0.717) is 17.1 Å². The third kappa shape index (κ3) is 3.68. The fourth-order valence-electron chi connectivity index (χ4n) is 2.89. The van der Waals surface area contributed by atoms with Gasteiger partial charge in [0.25, 0.3) is 5.91 Å². The van der Waals surface area contributed by atoms with Gasteiger partial charge in [-0.3, -0.25) is 4.79 Å². The molecule has 7 heteroatoms. The lowest BCUT2D eigenvalue weighted by molar-refractivity contribution is -0.0498. The average Bonchev–Trinajstić information content (AvgIpc) is 3.12. The summed E-state index contributed by atoms with van der Waals surface area (Å²) in [6.07, 6.45) is 0. The van der Waals surface area contributed by atoms with Gasteiger partial charge in [-0.05, 0) is 42.5 Å². The molecule has 1 aromatic heterocycles. The molecular weight excluding hydrogens is 364 g/mol. The fourth-order valence-corrected chi connectivity index (χ4v) is 2.89. The van der Waals surface area contributed by atoms with Crippen molar-refractivity contribution in [2.45, 2.75) is 6.61 Å². The number of carbonyl (C=O) groups excluding carboxylic acids is 1. The Balaban J connectivity index is 1.63. The van der Waals surface area contributed by atoms with Gasteiger partial charge in [0.2, 0.25) is 0 Å². The summed E-state index contributed by atoms with van der Waals surface area (Å²) in [5, 5.41) is 2.81. The van der Waals surface area contributed by atoms with Crippen LogP contribution in [-0.2, 0) is 0 Å². The molecule has 0 aliphatic rings. The molecule has 0 aliphatic heterocycles. The molecule has 0 aliphatic carbocycles. The summed E-state index contributed by atoms with van der Waals surface area (Å²) in [5.41, 5.74) is 3.17. The van der Waals surface area contributed by atoms with Crippen LogP contribution in [0.5, 0.6) is 5.75 Å². The first-order valence-corrected chi connectivity index (χ1v) is 8.50. The highest BCUT2D eigenvalue weighted by molar-refractivity contribution is 6.06. The van der Waals surface area contributed by atoms with Gasteiger partial charge in [0.1, 0.15) is 11.6 Å². The standard InChI is InChI=1S/C21H15F2N3O2/c22-21(23)28-14-7-5-6-13(12-14)20(27)26-16-9-2-1-8-15(16)19-24-17-10-3-4-11-18(17)25-19/h1-12,21H,(H,24,25)(H,26,27). The van der Waals surface area contributed by atoms with Crippen molar-refractivity contribution in [3.8, 4) is 17.1 Å². The van der Waals surface area contributed by atoms with Crippen molar-refractivity contribution in [1.29, 1.82) is 0 Å². The van der Waals surface area contributed by atoms with Gasteiger partial charge in [-0.2, -0.15) is 8.78 Å². The number of amides is 1. The van der Waals surface area contributed by atoms with Crippen LogP contribution in [0.1, 0.15) is 10.4 Å². The first-order valence-electron chi connectivity index (χ1n) is 8.50. The molecule has 0 spiro atoms. The number of para-hydroxylation sites is 3. The maximum Gasteiger partial charge on any atom is 0.387 e. The van der Waals surface area contributed by atoms with E-state index in [4.69, 9.17) is 0 Å². The minimum atomic E-state index is -2.95. The summed E-state index contributed by atoms with van der Waals surface area (Å²) in [6, 6.07) is 20.5. The molecule has 140 valence electrons. The Labute approximate surface area is 159 Å². The quantitative estimate of drug-likeness (QED) is 0.508. The van der Waals surface area contributed by atoms with Gasteiger partial charge in [-0.25, -0.2) is 4.98 Å². The van der Waals surface area contributed by atoms with E-state index in [-0.39, 0.29) is 11.3 Å². The van der Waals surface area contributed by atoms with E-state index in [9.17, 15) is 13.6 Å². The molecule has 4 aromatic rings. The Kier molecular flexibility index (Phi) is 4.72. The largest absolute Gasteiger partial charge is 0.435 e. The van der Waals surface area contributed by atoms with E-state index < -0.39 is 12.5 Å². The van der Waals surface area contributed by atoms with Crippen LogP contribution in [0.25, 0.3) is 22.4 Å². The number of H-pyrrole nitrogens is 1. The zero-order chi connectivity index (χ0) is 19.5. The van der Waals surface area contributed by atoms with Crippen LogP contribution >= 0.6 is 0 Å². The molecule has 0 saturated carbocycles. The van der Waals surface area contributed by atoms with Crippen molar-refractivity contribution in [2.75, 3.05) is 5.32 Å². The Bertz CT molecular complexity index is 1110. The SMILES string of the molecule is O=C(Nc1ccccc1-c1nc2ccccc2[nH]1)c1cccc(OC(F)F)c1. The summed E-state index contributed by atoms with van der Waals surface area (Å²) in [6.45, 7) is -2.95. The third-order valence-electron chi connectivity index (χ3n) is 4.14. The van der Waals surface area contributed by atoms with E-state index >= 15 is 0 Å². The second kappa shape index (κ2) is 7.48. The third-order valence-corrected chi connectivity index (χ3v) is 4.14. The molecule has 1 amide bonds. The molecule has 28 heavy (non-hydrogen) atoms. The van der Waals surface area contributed by atoms with E-state index in [1.165, 1.54) is 24.3 Å². The first kappa shape index (κ1) is 17.7. The van der Waals surface area contributed by atoms with Gasteiger partial charge in [-0.15, -0.1) is 0 Å². The monoisotopic (exact) mass is 379 g/mol. The van der Waals surface area contributed by atoms with Crippen LogP contribution in [-0.4, -0.2) is 22.5 Å². The summed E-state index contributed by atoms with van der Waals surface area (Å²) in [4.78, 5) is 20.4. The topological polar surface area (TPSA) is 67.0 Å². The summed E-state index contributed by atoms with van der Waals surface area (Å²) in [5.74, 6) is 0.100. The minimum absolute atomic E-state index is 0.0757. The number of aromatic nitrogens is 2. The number of carbonyl (C=O) groups is 1. The number of anilines is 1. The minimum Gasteiger partial charge on any atom is -0.435 e. The second-order valence-corrected chi connectivity index (χ2v) is 6.01. The summed E-state index contributed by atoms with van der Waals surface area (Å²) in [7, 11) is 0. The van der Waals surface area contributed by atoms with Gasteiger partial charge in [-0.1, -0.05) is 30.3 Å². The molecule has 3 aromatic carbocycles. The van der Waals surface area contributed by atoms with Gasteiger partial charge in [0.15, 0.2) is 0 Å². The number of halogens is 2. The Morgan fingerprint density at radius 2 is 1.79 bits per heavy atom. The van der Waals surface area contributed by atoms with Crippen LogP contribution in [0.3, 0.4) is 0 Å². The Hall–Kier alpha value is -3.74. The lowest BCUT2D eigenvalue weighted by Crippen LogP contribution is -2.13. The molecule has 0 saturated heterocycles. The van der Waals surface area contributed by atoms with E-state index in [0.717, 1.165) is 11.0 Å². The number of aromatic amines is 1. The number of nitrogens with one attached hydrogen (secondary N) is 2. The Morgan fingerprint density at radius 1 is 1.00 bits per heavy atom. The highest BCUT2D eigenvalue weighted by Crippen LogP contribution is 2.28. The van der Waals surface area contributed by atoms with Crippen molar-refractivity contribution in [1.82, 2.24) is 9.97 Å². The number of ether oxygens (including phenoxy) is 1. The predicted octanol–water partition coefficient (Wildman–Crippen LogP) is 5.08. The van der Waals surface area contributed by atoms with Crippen LogP contribution in [0.4, 0.5) is 14.5 Å². The van der Waals surface area contributed by atoms with Crippen molar-refractivity contribution >= 4 is 22.6 Å². The van der Waals surface area contributed by atoms with Crippen molar-refractivity contribution < 1.29 is 18.3 Å². The molecule has 0 radical (unpaired) electrons. The molecule has 0 bridgehead atoms. The van der Waals surface area contributed by atoms with Crippen LogP contribution in [0.2, 0.25) is 0 Å². The molecule has 0 fully saturated rings. The molecular formula is C21H15F2N3O2. The molecule has 5 nitrogen and oxygen atoms in total. The van der Waals surface area contributed by atoms with Gasteiger partial charge < -0.3 is 15.0 Å². The molecule has 2 N–H and O–H groups in total. The zero-order valence-corrected chi connectivity index (χ0v) is 14.5. The van der Waals surface area contributed by atoms with Crippen LogP contribution in [0, 0.1) is 0 Å². The highest BCUT2D eigenvalue weighted by Gasteiger charge is 2.14. The molecule has 0 unspecified atom stereocenters. The smallest absolute Gasteiger partial charge is 0.387 e. The average molecular weight is 379 g/mol. The number of alkyl halides is 2. The van der Waals surface area contributed by atoms with E-state index in [2.05, 4.69) is 20.0 Å². The lowest BCUT2D eigenvalue weighted by atomic mass is 10.1. The maximum atomic E-state index is 12.6. The summed E-state index contributed by atoms with van der Waals surface area (Å²) < 4.78 is 29.1. The first-order chi connectivity index (χ1) is 13.6. The predicted molar refractivity (Wildman–Crippen MR) is 103 cm³/mol. The van der Waals surface area contributed by atoms with Crippen molar-refractivity contribution in [3.63, 3.8) is 0 Å². The summed E-state index contributed by atoms with van der Waals surface area (Å²) >= 11 is 0. The number of rotatable bonds is 5. The Morgan fingerprint density at radius 3 is 2.61 bits per heavy atom. The van der Waals surface area contributed by atoms with Crippen molar-refractivity contribution in [3.05, 3.63) is 78.4 Å². The van der Waals surface area contributed by atoms with Crippen molar-refractivity contribution in [2.24, 2.45) is 0 Å². The second-order valence-electron chi connectivity index (χ2n) is 6.01. The number of hydrogen-bond donors (Lipinski definition) is 2. The van der Waals surface area contributed by atoms with Crippen LogP contribution < -0.4 is 10.1 Å². The highest BCUT2D eigenvalue weighted by atomic mass is 19.3. The molecule has 1 heterocycles. The number of fused-ring (bicyclic) bond motifs is 1. The fraction of sp³-hybridized carbons (Fsp3) is 0.0476. The number of benzene rings is 3. The number of nitrogens with zero attached hydrogens (tertiary/aromatic N) is 1. The maximum absolute atomic E-state index is 12.6. The van der Waals surface area contributed by atoms with Gasteiger partial charge in [0.05, 0.1) is 16.7 Å². The van der Waals surface area contributed by atoms with Gasteiger partial charge >= 0.3 is 6.61 Å². The molecule has 0 atom stereocenters.